The molecule has 3 nitrogen and oxygen atoms in total. The number of halogens is 2. The molecule has 4 N–H and O–H groups in total. The fourth-order valence-corrected chi connectivity index (χ4v) is 2.42. The summed E-state index contributed by atoms with van der Waals surface area (Å²) in [5, 5.41) is 11.9. The Hall–Kier alpha value is -0.100. The molecule has 5 heteroatoms. The smallest absolute Gasteiger partial charge is 0.0606 e. The van der Waals surface area contributed by atoms with Gasteiger partial charge in [-0.1, -0.05) is 6.07 Å². The number of nitrogens with one attached hydrogen (secondary N) is 1. The molecule has 90 valence electrons. The van der Waals surface area contributed by atoms with Crippen molar-refractivity contribution in [1.82, 2.24) is 5.32 Å². The molecule has 0 spiro atoms. The second-order valence-corrected chi connectivity index (χ2v) is 5.19. The summed E-state index contributed by atoms with van der Waals surface area (Å²) in [7, 11) is 0. The van der Waals surface area contributed by atoms with Crippen LogP contribution in [-0.4, -0.2) is 18.3 Å². The van der Waals surface area contributed by atoms with E-state index in [-0.39, 0.29) is 6.61 Å². The van der Waals surface area contributed by atoms with E-state index in [1.165, 1.54) is 0 Å². The fourth-order valence-electron chi connectivity index (χ4n) is 1.34. The van der Waals surface area contributed by atoms with Crippen molar-refractivity contribution in [2.45, 2.75) is 19.4 Å². The van der Waals surface area contributed by atoms with Crippen molar-refractivity contribution in [3.63, 3.8) is 0 Å². The topological polar surface area (TPSA) is 58.3 Å². The van der Waals surface area contributed by atoms with Crippen LogP contribution in [0.1, 0.15) is 18.4 Å². The Morgan fingerprint density at radius 3 is 2.69 bits per heavy atom. The SMILES string of the molecule is Nc1c(Br)ccc(CNCCCCO)c1Br. The number of rotatable bonds is 6. The Morgan fingerprint density at radius 2 is 2.00 bits per heavy atom. The van der Waals surface area contributed by atoms with E-state index in [0.29, 0.717) is 0 Å². The van der Waals surface area contributed by atoms with Gasteiger partial charge in [0.2, 0.25) is 0 Å². The van der Waals surface area contributed by atoms with Gasteiger partial charge in [0, 0.05) is 22.1 Å². The van der Waals surface area contributed by atoms with Crippen LogP contribution in [0.5, 0.6) is 0 Å². The predicted octanol–water partition coefficient (Wildman–Crippen LogP) is 2.66. The predicted molar refractivity (Wildman–Crippen MR) is 74.3 cm³/mol. The monoisotopic (exact) mass is 350 g/mol. The molecule has 0 aliphatic rings. The number of hydrogen-bond donors (Lipinski definition) is 3. The van der Waals surface area contributed by atoms with Crippen LogP contribution in [0.2, 0.25) is 0 Å². The van der Waals surface area contributed by atoms with Crippen LogP contribution in [0.25, 0.3) is 0 Å². The summed E-state index contributed by atoms with van der Waals surface area (Å²) in [6, 6.07) is 3.98. The van der Waals surface area contributed by atoms with E-state index in [4.69, 9.17) is 10.8 Å². The summed E-state index contributed by atoms with van der Waals surface area (Å²) in [4.78, 5) is 0. The summed E-state index contributed by atoms with van der Waals surface area (Å²) in [5.41, 5.74) is 7.75. The maximum Gasteiger partial charge on any atom is 0.0606 e. The summed E-state index contributed by atoms with van der Waals surface area (Å²) in [6.45, 7) is 1.95. The third-order valence-corrected chi connectivity index (χ3v) is 3.91. The molecular formula is C11H16Br2N2O. The number of hydrogen-bond acceptors (Lipinski definition) is 3. The summed E-state index contributed by atoms with van der Waals surface area (Å²) >= 11 is 6.86. The van der Waals surface area contributed by atoms with Crippen molar-refractivity contribution >= 4 is 37.5 Å². The van der Waals surface area contributed by atoms with Gasteiger partial charge in [0.25, 0.3) is 0 Å². The molecule has 0 saturated carbocycles. The summed E-state index contributed by atoms with van der Waals surface area (Å²) in [5.74, 6) is 0. The molecule has 1 rings (SSSR count). The van der Waals surface area contributed by atoms with Gasteiger partial charge >= 0.3 is 0 Å². The van der Waals surface area contributed by atoms with Gasteiger partial charge in [-0.2, -0.15) is 0 Å². The maximum absolute atomic E-state index is 8.64. The van der Waals surface area contributed by atoms with Crippen molar-refractivity contribution < 1.29 is 5.11 Å². The molecule has 0 aromatic heterocycles. The summed E-state index contributed by atoms with van der Waals surface area (Å²) < 4.78 is 1.85. The Morgan fingerprint density at radius 1 is 1.25 bits per heavy atom. The number of nitrogen functional groups attached to an aromatic ring is 1. The second-order valence-electron chi connectivity index (χ2n) is 3.54. The first kappa shape index (κ1) is 14.0. The molecule has 0 aliphatic heterocycles. The fraction of sp³-hybridized carbons (Fsp3) is 0.455. The lowest BCUT2D eigenvalue weighted by molar-refractivity contribution is 0.283. The third-order valence-electron chi connectivity index (χ3n) is 2.28. The van der Waals surface area contributed by atoms with Crippen molar-refractivity contribution in [3.8, 4) is 0 Å². The molecule has 0 atom stereocenters. The normalized spacial score (nSPS) is 10.7. The minimum Gasteiger partial charge on any atom is -0.397 e. The van der Waals surface area contributed by atoms with Gasteiger partial charge in [-0.3, -0.25) is 0 Å². The van der Waals surface area contributed by atoms with Crippen LogP contribution in [-0.2, 0) is 6.54 Å². The second kappa shape index (κ2) is 7.27. The largest absolute Gasteiger partial charge is 0.397 e. The van der Waals surface area contributed by atoms with E-state index >= 15 is 0 Å². The highest BCUT2D eigenvalue weighted by molar-refractivity contribution is 9.11. The van der Waals surface area contributed by atoms with Crippen LogP contribution < -0.4 is 11.1 Å². The molecule has 0 amide bonds. The van der Waals surface area contributed by atoms with Crippen LogP contribution in [0.15, 0.2) is 21.1 Å². The molecule has 0 heterocycles. The molecule has 0 radical (unpaired) electrons. The third kappa shape index (κ3) is 4.05. The summed E-state index contributed by atoms with van der Waals surface area (Å²) in [6.07, 6.45) is 1.83. The zero-order chi connectivity index (χ0) is 12.0. The van der Waals surface area contributed by atoms with Crippen LogP contribution in [0.3, 0.4) is 0 Å². The molecule has 0 aliphatic carbocycles. The van der Waals surface area contributed by atoms with E-state index in [9.17, 15) is 0 Å². The standard InChI is InChI=1S/C11H16Br2N2O/c12-9-4-3-8(10(13)11(9)14)7-15-5-1-2-6-16/h3-4,15-16H,1-2,5-7,14H2. The number of aliphatic hydroxyl groups excluding tert-OH is 1. The first-order valence-electron chi connectivity index (χ1n) is 5.20. The molecule has 1 aromatic carbocycles. The van der Waals surface area contributed by atoms with Crippen molar-refractivity contribution in [2.24, 2.45) is 0 Å². The lowest BCUT2D eigenvalue weighted by Crippen LogP contribution is -2.15. The van der Waals surface area contributed by atoms with Gasteiger partial charge in [-0.05, 0) is 62.9 Å². The van der Waals surface area contributed by atoms with E-state index in [0.717, 1.165) is 46.1 Å². The first-order valence-corrected chi connectivity index (χ1v) is 6.79. The highest BCUT2D eigenvalue weighted by Crippen LogP contribution is 2.30. The molecule has 0 unspecified atom stereocenters. The van der Waals surface area contributed by atoms with Crippen LogP contribution >= 0.6 is 31.9 Å². The molecule has 16 heavy (non-hydrogen) atoms. The Labute approximate surface area is 113 Å². The Kier molecular flexibility index (Phi) is 6.34. The molecule has 0 fully saturated rings. The van der Waals surface area contributed by atoms with Crippen molar-refractivity contribution in [1.29, 1.82) is 0 Å². The number of nitrogens with two attached hydrogens (primary N) is 1. The molecule has 0 saturated heterocycles. The Balaban J connectivity index is 2.45. The number of anilines is 1. The van der Waals surface area contributed by atoms with Crippen molar-refractivity contribution in [3.05, 3.63) is 26.6 Å². The van der Waals surface area contributed by atoms with Gasteiger partial charge in [0.1, 0.15) is 0 Å². The minimum atomic E-state index is 0.261. The van der Waals surface area contributed by atoms with Crippen LogP contribution in [0, 0.1) is 0 Å². The highest BCUT2D eigenvalue weighted by atomic mass is 79.9. The highest BCUT2D eigenvalue weighted by Gasteiger charge is 2.06. The first-order chi connectivity index (χ1) is 7.66. The van der Waals surface area contributed by atoms with Gasteiger partial charge < -0.3 is 16.2 Å². The van der Waals surface area contributed by atoms with E-state index in [2.05, 4.69) is 37.2 Å². The lowest BCUT2D eigenvalue weighted by Gasteiger charge is -2.09. The average molecular weight is 352 g/mol. The van der Waals surface area contributed by atoms with Crippen molar-refractivity contribution in [2.75, 3.05) is 18.9 Å². The average Bonchev–Trinajstić information content (AvgIpc) is 2.28. The van der Waals surface area contributed by atoms with E-state index < -0.39 is 0 Å². The molecular weight excluding hydrogens is 336 g/mol. The van der Waals surface area contributed by atoms with Gasteiger partial charge in [0.15, 0.2) is 0 Å². The molecule has 1 aromatic rings. The van der Waals surface area contributed by atoms with Gasteiger partial charge in [-0.25, -0.2) is 0 Å². The number of unbranched alkanes of at least 4 members (excludes halogenated alkanes) is 1. The quantitative estimate of drug-likeness (QED) is 0.545. The zero-order valence-corrected chi connectivity index (χ0v) is 12.1. The zero-order valence-electron chi connectivity index (χ0n) is 8.97. The number of benzene rings is 1. The molecule has 0 bridgehead atoms. The van der Waals surface area contributed by atoms with Gasteiger partial charge in [-0.15, -0.1) is 0 Å². The van der Waals surface area contributed by atoms with Gasteiger partial charge in [0.05, 0.1) is 5.69 Å². The van der Waals surface area contributed by atoms with E-state index in [1.54, 1.807) is 0 Å². The number of aliphatic hydroxyl groups is 1. The minimum absolute atomic E-state index is 0.261. The van der Waals surface area contributed by atoms with E-state index in [1.807, 2.05) is 12.1 Å². The maximum atomic E-state index is 8.64. The van der Waals surface area contributed by atoms with Crippen LogP contribution in [0.4, 0.5) is 5.69 Å². The Bertz CT molecular complexity index is 345. The lowest BCUT2D eigenvalue weighted by atomic mass is 10.2.